The van der Waals surface area contributed by atoms with Crippen molar-refractivity contribution < 1.29 is 4.92 Å². The Bertz CT molecular complexity index is 582. The molecule has 4 nitrogen and oxygen atoms in total. The summed E-state index contributed by atoms with van der Waals surface area (Å²) in [5.41, 5.74) is 2.55. The van der Waals surface area contributed by atoms with Gasteiger partial charge in [-0.3, -0.25) is 10.1 Å². The van der Waals surface area contributed by atoms with E-state index in [2.05, 4.69) is 29.6 Å². The molecule has 0 saturated heterocycles. The van der Waals surface area contributed by atoms with Crippen molar-refractivity contribution in [1.82, 2.24) is 5.32 Å². The number of non-ortho nitro benzene ring substituents is 1. The van der Waals surface area contributed by atoms with E-state index in [0.29, 0.717) is 0 Å². The summed E-state index contributed by atoms with van der Waals surface area (Å²) in [6.45, 7) is 0.883. The smallest absolute Gasteiger partial charge is 0.269 e. The van der Waals surface area contributed by atoms with Gasteiger partial charge in [-0.2, -0.15) is 0 Å². The second-order valence-corrected chi connectivity index (χ2v) is 5.86. The number of aryl methyl sites for hydroxylation is 1. The van der Waals surface area contributed by atoms with Crippen LogP contribution in [0.25, 0.3) is 0 Å². The summed E-state index contributed by atoms with van der Waals surface area (Å²) in [4.78, 5) is 11.5. The molecule has 0 atom stereocenters. The average molecular weight is 302 g/mol. The number of benzene rings is 2. The van der Waals surface area contributed by atoms with E-state index in [1.165, 1.54) is 10.5 Å². The maximum absolute atomic E-state index is 10.6. The molecule has 21 heavy (non-hydrogen) atoms. The third-order valence-electron chi connectivity index (χ3n) is 3.11. The number of thioether (sulfide) groups is 1. The summed E-state index contributed by atoms with van der Waals surface area (Å²) in [7, 11) is 1.94. The highest BCUT2D eigenvalue weighted by molar-refractivity contribution is 7.99. The first-order chi connectivity index (χ1) is 10.2. The van der Waals surface area contributed by atoms with Gasteiger partial charge in [-0.1, -0.05) is 24.3 Å². The topological polar surface area (TPSA) is 55.2 Å². The lowest BCUT2D eigenvalue weighted by atomic mass is 10.1. The van der Waals surface area contributed by atoms with E-state index in [0.717, 1.165) is 24.3 Å². The predicted octanol–water partition coefficient (Wildman–Crippen LogP) is 3.65. The van der Waals surface area contributed by atoms with Crippen LogP contribution in [0.4, 0.5) is 5.69 Å². The van der Waals surface area contributed by atoms with Gasteiger partial charge in [0.1, 0.15) is 0 Å². The first kappa shape index (κ1) is 15.5. The Kier molecular flexibility index (Phi) is 5.78. The number of hydrogen-bond acceptors (Lipinski definition) is 4. The Hall–Kier alpha value is -1.85. The fraction of sp³-hybridized carbons (Fsp3) is 0.250. The van der Waals surface area contributed by atoms with Crippen molar-refractivity contribution in [2.75, 3.05) is 12.8 Å². The second kappa shape index (κ2) is 7.81. The van der Waals surface area contributed by atoms with E-state index in [1.54, 1.807) is 23.9 Å². The molecule has 0 amide bonds. The summed E-state index contributed by atoms with van der Waals surface area (Å²) in [5.74, 6) is 0.961. The minimum Gasteiger partial charge on any atom is -0.316 e. The van der Waals surface area contributed by atoms with Crippen LogP contribution in [0.5, 0.6) is 0 Å². The van der Waals surface area contributed by atoms with Gasteiger partial charge in [-0.05, 0) is 36.7 Å². The highest BCUT2D eigenvalue weighted by Crippen LogP contribution is 2.20. The van der Waals surface area contributed by atoms with Gasteiger partial charge in [0, 0.05) is 29.3 Å². The first-order valence-corrected chi connectivity index (χ1v) is 7.77. The SMILES string of the molecule is CNCc1ccc(SCCc2ccc([N+](=O)[O-])cc2)cc1. The summed E-state index contributed by atoms with van der Waals surface area (Å²) < 4.78 is 0. The third kappa shape index (κ3) is 4.88. The van der Waals surface area contributed by atoms with Crippen LogP contribution < -0.4 is 5.32 Å². The van der Waals surface area contributed by atoms with Gasteiger partial charge in [-0.15, -0.1) is 11.8 Å². The molecule has 0 aliphatic heterocycles. The Morgan fingerprint density at radius 1 is 1.05 bits per heavy atom. The zero-order valence-corrected chi connectivity index (χ0v) is 12.7. The fourth-order valence-corrected chi connectivity index (χ4v) is 2.88. The Balaban J connectivity index is 1.82. The maximum Gasteiger partial charge on any atom is 0.269 e. The molecule has 0 aliphatic rings. The van der Waals surface area contributed by atoms with Gasteiger partial charge >= 0.3 is 0 Å². The Morgan fingerprint density at radius 2 is 1.67 bits per heavy atom. The molecule has 2 aromatic rings. The number of nitro benzene ring substituents is 1. The molecule has 0 heterocycles. The van der Waals surface area contributed by atoms with Crippen molar-refractivity contribution >= 4 is 17.4 Å². The van der Waals surface area contributed by atoms with Crippen LogP contribution in [-0.2, 0) is 13.0 Å². The Morgan fingerprint density at radius 3 is 2.24 bits per heavy atom. The molecule has 0 radical (unpaired) electrons. The number of nitrogens with zero attached hydrogens (tertiary/aromatic N) is 1. The third-order valence-corrected chi connectivity index (χ3v) is 4.12. The lowest BCUT2D eigenvalue weighted by molar-refractivity contribution is -0.384. The molecule has 0 spiro atoms. The van der Waals surface area contributed by atoms with Crippen molar-refractivity contribution in [3.63, 3.8) is 0 Å². The van der Waals surface area contributed by atoms with Gasteiger partial charge in [0.25, 0.3) is 5.69 Å². The van der Waals surface area contributed by atoms with Crippen LogP contribution in [0.2, 0.25) is 0 Å². The van der Waals surface area contributed by atoms with Crippen LogP contribution in [-0.4, -0.2) is 17.7 Å². The number of hydrogen-bond donors (Lipinski definition) is 1. The van der Waals surface area contributed by atoms with Crippen molar-refractivity contribution in [3.05, 3.63) is 69.8 Å². The van der Waals surface area contributed by atoms with E-state index in [9.17, 15) is 10.1 Å². The molecule has 2 aromatic carbocycles. The molecule has 110 valence electrons. The van der Waals surface area contributed by atoms with E-state index < -0.39 is 0 Å². The van der Waals surface area contributed by atoms with Crippen LogP contribution in [0.15, 0.2) is 53.4 Å². The molecular weight excluding hydrogens is 284 g/mol. The highest BCUT2D eigenvalue weighted by atomic mass is 32.2. The van der Waals surface area contributed by atoms with Crippen molar-refractivity contribution in [1.29, 1.82) is 0 Å². The van der Waals surface area contributed by atoms with Gasteiger partial charge in [0.15, 0.2) is 0 Å². The molecule has 0 unspecified atom stereocenters. The zero-order chi connectivity index (χ0) is 15.1. The zero-order valence-electron chi connectivity index (χ0n) is 11.9. The number of nitro groups is 1. The lowest BCUT2D eigenvalue weighted by Gasteiger charge is -2.04. The van der Waals surface area contributed by atoms with Crippen molar-refractivity contribution in [2.24, 2.45) is 0 Å². The maximum atomic E-state index is 10.6. The molecule has 2 rings (SSSR count). The van der Waals surface area contributed by atoms with E-state index >= 15 is 0 Å². The van der Waals surface area contributed by atoms with Gasteiger partial charge in [0.05, 0.1) is 4.92 Å². The summed E-state index contributed by atoms with van der Waals surface area (Å²) in [5, 5.41) is 13.7. The Labute approximate surface area is 128 Å². The fourth-order valence-electron chi connectivity index (χ4n) is 1.98. The molecule has 5 heteroatoms. The van der Waals surface area contributed by atoms with Crippen LogP contribution >= 0.6 is 11.8 Å². The first-order valence-electron chi connectivity index (χ1n) is 6.78. The van der Waals surface area contributed by atoms with Crippen LogP contribution in [0.3, 0.4) is 0 Å². The van der Waals surface area contributed by atoms with E-state index in [4.69, 9.17) is 0 Å². The van der Waals surface area contributed by atoms with Crippen molar-refractivity contribution in [3.8, 4) is 0 Å². The summed E-state index contributed by atoms with van der Waals surface area (Å²) in [6.07, 6.45) is 0.904. The molecule has 0 aromatic heterocycles. The molecular formula is C16H18N2O2S. The normalized spacial score (nSPS) is 10.5. The quantitative estimate of drug-likeness (QED) is 0.482. The predicted molar refractivity (Wildman–Crippen MR) is 86.7 cm³/mol. The molecule has 0 saturated carbocycles. The molecule has 1 N–H and O–H groups in total. The minimum absolute atomic E-state index is 0.145. The van der Waals surface area contributed by atoms with E-state index in [1.807, 2.05) is 19.2 Å². The van der Waals surface area contributed by atoms with Crippen LogP contribution in [0, 0.1) is 10.1 Å². The number of nitrogens with one attached hydrogen (secondary N) is 1. The van der Waals surface area contributed by atoms with Crippen LogP contribution in [0.1, 0.15) is 11.1 Å². The lowest BCUT2D eigenvalue weighted by Crippen LogP contribution is -2.04. The van der Waals surface area contributed by atoms with Gasteiger partial charge < -0.3 is 5.32 Å². The number of rotatable bonds is 7. The second-order valence-electron chi connectivity index (χ2n) is 4.70. The molecule has 0 aliphatic carbocycles. The molecule has 0 fully saturated rings. The van der Waals surface area contributed by atoms with Gasteiger partial charge in [-0.25, -0.2) is 0 Å². The highest BCUT2D eigenvalue weighted by Gasteiger charge is 2.04. The standard InChI is InChI=1S/C16H18N2O2S/c1-17-12-14-4-8-16(9-5-14)21-11-10-13-2-6-15(7-3-13)18(19)20/h2-9,17H,10-12H2,1H3. The average Bonchev–Trinajstić information content (AvgIpc) is 2.50. The summed E-state index contributed by atoms with van der Waals surface area (Å²) in [6, 6.07) is 15.3. The largest absolute Gasteiger partial charge is 0.316 e. The van der Waals surface area contributed by atoms with E-state index in [-0.39, 0.29) is 10.6 Å². The van der Waals surface area contributed by atoms with Crippen molar-refractivity contribution in [2.45, 2.75) is 17.9 Å². The van der Waals surface area contributed by atoms with Gasteiger partial charge in [0.2, 0.25) is 0 Å². The molecule has 0 bridgehead atoms. The minimum atomic E-state index is -0.370. The monoisotopic (exact) mass is 302 g/mol. The summed E-state index contributed by atoms with van der Waals surface area (Å²) >= 11 is 1.80.